The van der Waals surface area contributed by atoms with E-state index in [4.69, 9.17) is 21.4 Å². The van der Waals surface area contributed by atoms with Crippen LogP contribution in [0.5, 0.6) is 0 Å². The minimum atomic E-state index is 0.0446. The summed E-state index contributed by atoms with van der Waals surface area (Å²) in [7, 11) is 0. The van der Waals surface area contributed by atoms with E-state index in [-0.39, 0.29) is 11.9 Å². The summed E-state index contributed by atoms with van der Waals surface area (Å²) in [5.74, 6) is 0.918. The van der Waals surface area contributed by atoms with Crippen molar-refractivity contribution in [2.45, 2.75) is 19.8 Å². The van der Waals surface area contributed by atoms with Gasteiger partial charge in [0.05, 0.1) is 13.2 Å². The number of hydrogen-bond donors (Lipinski definition) is 3. The Kier molecular flexibility index (Phi) is 8.11. The van der Waals surface area contributed by atoms with E-state index < -0.39 is 0 Å². The fourth-order valence-electron chi connectivity index (χ4n) is 1.29. The summed E-state index contributed by atoms with van der Waals surface area (Å²) in [6.07, 6.45) is 1.77. The summed E-state index contributed by atoms with van der Waals surface area (Å²) < 4.78 is 5.14. The third-order valence-corrected chi connectivity index (χ3v) is 2.29. The largest absolute Gasteiger partial charge is 0.394 e. The minimum absolute atomic E-state index is 0.0446. The number of aliphatic hydroxyl groups is 1. The van der Waals surface area contributed by atoms with Crippen LogP contribution in [0.2, 0.25) is 5.28 Å². The quantitative estimate of drug-likeness (QED) is 0.557. The Bertz CT molecular complexity index is 367. The fraction of sp³-hybridized carbons (Fsp3) is 0.727. The van der Waals surface area contributed by atoms with Crippen LogP contribution in [0.3, 0.4) is 0 Å². The van der Waals surface area contributed by atoms with Crippen molar-refractivity contribution in [3.8, 4) is 0 Å². The van der Waals surface area contributed by atoms with Crippen molar-refractivity contribution in [2.75, 3.05) is 43.5 Å². The smallest absolute Gasteiger partial charge is 0.228 e. The maximum Gasteiger partial charge on any atom is 0.228 e. The molecule has 1 heterocycles. The highest BCUT2D eigenvalue weighted by Gasteiger charge is 2.03. The summed E-state index contributed by atoms with van der Waals surface area (Å²) in [5, 5.41) is 14.8. The van der Waals surface area contributed by atoms with Crippen molar-refractivity contribution in [2.24, 2.45) is 0 Å². The lowest BCUT2D eigenvalue weighted by Gasteiger charge is -2.07. The molecule has 0 bridgehead atoms. The van der Waals surface area contributed by atoms with Crippen molar-refractivity contribution in [1.29, 1.82) is 0 Å². The first-order chi connectivity index (χ1) is 9.26. The number of halogens is 1. The lowest BCUT2D eigenvalue weighted by molar-refractivity contribution is 0.0921. The van der Waals surface area contributed by atoms with Crippen molar-refractivity contribution in [3.05, 3.63) is 5.28 Å². The summed E-state index contributed by atoms with van der Waals surface area (Å²) in [6.45, 7) is 4.49. The second-order valence-corrected chi connectivity index (χ2v) is 4.13. The molecule has 19 heavy (non-hydrogen) atoms. The molecule has 108 valence electrons. The zero-order valence-electron chi connectivity index (χ0n) is 11.0. The molecule has 1 rings (SSSR count). The average molecular weight is 290 g/mol. The van der Waals surface area contributed by atoms with E-state index in [2.05, 4.69) is 32.5 Å². The molecule has 0 aliphatic heterocycles. The summed E-state index contributed by atoms with van der Waals surface area (Å²) in [4.78, 5) is 12.2. The van der Waals surface area contributed by atoms with Gasteiger partial charge in [-0.1, -0.05) is 6.92 Å². The molecule has 0 aliphatic carbocycles. The number of nitrogens with one attached hydrogen (secondary N) is 2. The van der Waals surface area contributed by atoms with Gasteiger partial charge in [0, 0.05) is 19.7 Å². The lowest BCUT2D eigenvalue weighted by Crippen LogP contribution is -2.12. The van der Waals surface area contributed by atoms with Crippen LogP contribution >= 0.6 is 11.6 Å². The maximum atomic E-state index is 8.54. The first-order valence-corrected chi connectivity index (χ1v) is 6.72. The summed E-state index contributed by atoms with van der Waals surface area (Å²) >= 11 is 5.82. The van der Waals surface area contributed by atoms with Gasteiger partial charge in [0.1, 0.15) is 0 Å². The van der Waals surface area contributed by atoms with Gasteiger partial charge in [-0.15, -0.1) is 0 Å². The highest BCUT2D eigenvalue weighted by Crippen LogP contribution is 2.09. The topological polar surface area (TPSA) is 92.2 Å². The zero-order valence-corrected chi connectivity index (χ0v) is 11.8. The second-order valence-electron chi connectivity index (χ2n) is 3.79. The molecule has 0 spiro atoms. The van der Waals surface area contributed by atoms with Gasteiger partial charge in [-0.05, 0) is 24.4 Å². The molecule has 0 unspecified atom stereocenters. The van der Waals surface area contributed by atoms with Gasteiger partial charge < -0.3 is 20.5 Å². The Morgan fingerprint density at radius 1 is 1.11 bits per heavy atom. The number of aliphatic hydroxyl groups excluding tert-OH is 1. The zero-order chi connectivity index (χ0) is 13.9. The molecule has 1 aromatic heterocycles. The molecule has 0 fully saturated rings. The molecule has 0 aromatic carbocycles. The van der Waals surface area contributed by atoms with Crippen LogP contribution in [-0.2, 0) is 4.74 Å². The number of anilines is 2. The molecular weight excluding hydrogens is 270 g/mol. The van der Waals surface area contributed by atoms with Crippen molar-refractivity contribution < 1.29 is 9.84 Å². The summed E-state index contributed by atoms with van der Waals surface area (Å²) in [6, 6.07) is 0. The van der Waals surface area contributed by atoms with E-state index >= 15 is 0 Å². The number of nitrogens with zero attached hydrogens (tertiary/aromatic N) is 3. The minimum Gasteiger partial charge on any atom is -0.394 e. The molecule has 1 aromatic rings. The normalized spacial score (nSPS) is 10.5. The molecule has 8 heteroatoms. The van der Waals surface area contributed by atoms with E-state index in [1.165, 1.54) is 0 Å². The molecule has 0 saturated heterocycles. The van der Waals surface area contributed by atoms with Gasteiger partial charge in [0.2, 0.25) is 17.2 Å². The maximum absolute atomic E-state index is 8.54. The van der Waals surface area contributed by atoms with Crippen LogP contribution in [0.25, 0.3) is 0 Å². The van der Waals surface area contributed by atoms with Crippen LogP contribution in [0.4, 0.5) is 11.9 Å². The molecular formula is C11H20ClN5O2. The van der Waals surface area contributed by atoms with E-state index in [0.29, 0.717) is 31.7 Å². The third-order valence-electron chi connectivity index (χ3n) is 2.13. The molecule has 0 saturated carbocycles. The Hall–Kier alpha value is -1.18. The number of ether oxygens (including phenoxy) is 1. The Morgan fingerprint density at radius 3 is 2.42 bits per heavy atom. The van der Waals surface area contributed by atoms with Crippen LogP contribution < -0.4 is 10.6 Å². The number of hydrogen-bond acceptors (Lipinski definition) is 7. The fourth-order valence-corrected chi connectivity index (χ4v) is 1.45. The van der Waals surface area contributed by atoms with Gasteiger partial charge in [0.25, 0.3) is 0 Å². The van der Waals surface area contributed by atoms with Gasteiger partial charge in [-0.25, -0.2) is 0 Å². The molecule has 0 atom stereocenters. The highest BCUT2D eigenvalue weighted by atomic mass is 35.5. The van der Waals surface area contributed by atoms with E-state index in [1.807, 2.05) is 0 Å². The Balaban J connectivity index is 2.34. The van der Waals surface area contributed by atoms with Crippen molar-refractivity contribution in [3.63, 3.8) is 0 Å². The Labute approximate surface area is 117 Å². The van der Waals surface area contributed by atoms with Gasteiger partial charge in [-0.3, -0.25) is 0 Å². The van der Waals surface area contributed by atoms with Crippen LogP contribution in [0, 0.1) is 0 Å². The molecule has 3 N–H and O–H groups in total. The van der Waals surface area contributed by atoms with Gasteiger partial charge in [0.15, 0.2) is 0 Å². The standard InChI is InChI=1S/C11H20ClN5O2/c1-2-4-13-10-15-9(12)16-11(17-10)14-5-3-7-19-8-6-18/h18H,2-8H2,1H3,(H2,13,14,15,16,17). The average Bonchev–Trinajstić information content (AvgIpc) is 2.40. The predicted molar refractivity (Wildman–Crippen MR) is 74.6 cm³/mol. The molecule has 0 aliphatic rings. The number of rotatable bonds is 10. The second kappa shape index (κ2) is 9.71. The van der Waals surface area contributed by atoms with Crippen LogP contribution in [0.15, 0.2) is 0 Å². The Morgan fingerprint density at radius 2 is 1.79 bits per heavy atom. The number of aromatic nitrogens is 3. The first-order valence-electron chi connectivity index (χ1n) is 6.34. The molecule has 0 radical (unpaired) electrons. The molecule has 0 amide bonds. The van der Waals surface area contributed by atoms with E-state index in [1.54, 1.807) is 0 Å². The lowest BCUT2D eigenvalue weighted by atomic mass is 10.4. The third kappa shape index (κ3) is 7.09. The van der Waals surface area contributed by atoms with E-state index in [0.717, 1.165) is 19.4 Å². The van der Waals surface area contributed by atoms with Crippen molar-refractivity contribution >= 4 is 23.5 Å². The SMILES string of the molecule is CCCNc1nc(Cl)nc(NCCCOCCO)n1. The van der Waals surface area contributed by atoms with Crippen LogP contribution in [0.1, 0.15) is 19.8 Å². The van der Waals surface area contributed by atoms with Gasteiger partial charge in [-0.2, -0.15) is 15.0 Å². The summed E-state index contributed by atoms with van der Waals surface area (Å²) in [5.41, 5.74) is 0. The van der Waals surface area contributed by atoms with Crippen molar-refractivity contribution in [1.82, 2.24) is 15.0 Å². The molecule has 7 nitrogen and oxygen atoms in total. The highest BCUT2D eigenvalue weighted by molar-refractivity contribution is 6.28. The first kappa shape index (κ1) is 15.9. The van der Waals surface area contributed by atoms with E-state index in [9.17, 15) is 0 Å². The van der Waals surface area contributed by atoms with Crippen LogP contribution in [-0.4, -0.2) is 53.0 Å². The predicted octanol–water partition coefficient (Wildman–Crippen LogP) is 1.16. The monoisotopic (exact) mass is 289 g/mol. The van der Waals surface area contributed by atoms with Gasteiger partial charge >= 0.3 is 0 Å².